The smallest absolute Gasteiger partial charge is 0.162 e. The summed E-state index contributed by atoms with van der Waals surface area (Å²) in [4.78, 5) is 16.4. The van der Waals surface area contributed by atoms with Crippen LogP contribution in [0.1, 0.15) is 12.0 Å². The molecule has 9 heteroatoms. The Balaban J connectivity index is 1.24. The molecule has 0 radical (unpaired) electrons. The van der Waals surface area contributed by atoms with E-state index < -0.39 is 0 Å². The number of rotatable bonds is 9. The SMILES string of the molecule is COc1cc2ncnc(N3CCN(Cc4cccc(Cl)c4)CC3)c2cc1OCCCN1CCOCC1. The first-order valence-electron chi connectivity index (χ1n) is 12.7. The molecule has 2 aliphatic rings. The fourth-order valence-corrected chi connectivity index (χ4v) is 5.09. The molecule has 2 fully saturated rings. The van der Waals surface area contributed by atoms with Gasteiger partial charge in [0, 0.05) is 68.8 Å². The zero-order valence-corrected chi connectivity index (χ0v) is 21.6. The van der Waals surface area contributed by atoms with Crippen LogP contribution in [0.25, 0.3) is 10.9 Å². The van der Waals surface area contributed by atoms with Crippen LogP contribution < -0.4 is 14.4 Å². The van der Waals surface area contributed by atoms with Crippen LogP contribution in [-0.2, 0) is 11.3 Å². The van der Waals surface area contributed by atoms with Gasteiger partial charge in [0.2, 0.25) is 0 Å². The minimum absolute atomic E-state index is 0.629. The molecule has 0 amide bonds. The van der Waals surface area contributed by atoms with Crippen molar-refractivity contribution in [3.8, 4) is 11.5 Å². The maximum atomic E-state index is 6.19. The molecule has 0 spiro atoms. The summed E-state index contributed by atoms with van der Waals surface area (Å²) in [7, 11) is 1.67. The van der Waals surface area contributed by atoms with Gasteiger partial charge in [-0.3, -0.25) is 9.80 Å². The van der Waals surface area contributed by atoms with Gasteiger partial charge in [0.1, 0.15) is 12.1 Å². The van der Waals surface area contributed by atoms with Gasteiger partial charge in [0.15, 0.2) is 11.5 Å². The average Bonchev–Trinajstić information content (AvgIpc) is 2.91. The molecule has 0 unspecified atom stereocenters. The van der Waals surface area contributed by atoms with E-state index in [0.29, 0.717) is 12.4 Å². The Kier molecular flexibility index (Phi) is 8.38. The summed E-state index contributed by atoms with van der Waals surface area (Å²) in [6.45, 7) is 9.86. The normalized spacial score (nSPS) is 17.4. The number of ether oxygens (including phenoxy) is 3. The van der Waals surface area contributed by atoms with Crippen LogP contribution in [0.15, 0.2) is 42.7 Å². The second-order valence-corrected chi connectivity index (χ2v) is 9.70. The van der Waals surface area contributed by atoms with Crippen molar-refractivity contribution in [1.29, 1.82) is 0 Å². The third kappa shape index (κ3) is 6.18. The van der Waals surface area contributed by atoms with Gasteiger partial charge in [0.05, 0.1) is 32.4 Å². The van der Waals surface area contributed by atoms with Crippen LogP contribution in [0.4, 0.5) is 5.82 Å². The van der Waals surface area contributed by atoms with Crippen LogP contribution in [0.3, 0.4) is 0 Å². The van der Waals surface area contributed by atoms with Gasteiger partial charge in [-0.15, -0.1) is 0 Å². The van der Waals surface area contributed by atoms with Crippen molar-refractivity contribution in [2.45, 2.75) is 13.0 Å². The predicted octanol–water partition coefficient (Wildman–Crippen LogP) is 3.72. The van der Waals surface area contributed by atoms with E-state index in [9.17, 15) is 0 Å². The maximum absolute atomic E-state index is 6.19. The van der Waals surface area contributed by atoms with Gasteiger partial charge in [0.25, 0.3) is 0 Å². The molecule has 0 atom stereocenters. The van der Waals surface area contributed by atoms with Gasteiger partial charge in [-0.2, -0.15) is 0 Å². The van der Waals surface area contributed by atoms with E-state index in [2.05, 4.69) is 30.7 Å². The molecule has 3 heterocycles. The summed E-state index contributed by atoms with van der Waals surface area (Å²) < 4.78 is 17.2. The summed E-state index contributed by atoms with van der Waals surface area (Å²) in [5.74, 6) is 2.38. The summed E-state index contributed by atoms with van der Waals surface area (Å²) >= 11 is 6.16. The fraction of sp³-hybridized carbons (Fsp3) is 0.481. The molecule has 0 N–H and O–H groups in total. The lowest BCUT2D eigenvalue weighted by molar-refractivity contribution is 0.0357. The van der Waals surface area contributed by atoms with Gasteiger partial charge in [-0.1, -0.05) is 23.7 Å². The van der Waals surface area contributed by atoms with Gasteiger partial charge in [-0.05, 0) is 30.2 Å². The number of benzene rings is 2. The van der Waals surface area contributed by atoms with Crippen molar-refractivity contribution in [1.82, 2.24) is 19.8 Å². The zero-order chi connectivity index (χ0) is 24.7. The van der Waals surface area contributed by atoms with Crippen LogP contribution in [0.5, 0.6) is 11.5 Å². The van der Waals surface area contributed by atoms with E-state index >= 15 is 0 Å². The Labute approximate surface area is 217 Å². The number of halogens is 1. The highest BCUT2D eigenvalue weighted by atomic mass is 35.5. The maximum Gasteiger partial charge on any atom is 0.162 e. The lowest BCUT2D eigenvalue weighted by Crippen LogP contribution is -2.46. The average molecular weight is 512 g/mol. The standard InChI is InChI=1S/C27H34ClN5O3/c1-34-25-18-24-23(17-26(25)36-13-3-6-31-11-14-35-15-12-31)27(30-20-29-24)33-9-7-32(8-10-33)19-21-4-2-5-22(28)16-21/h2,4-5,16-18,20H,3,6-15,19H2,1H3. The van der Waals surface area contributed by atoms with Crippen LogP contribution in [-0.4, -0.2) is 92.5 Å². The molecule has 192 valence electrons. The number of morpholine rings is 1. The summed E-state index contributed by atoms with van der Waals surface area (Å²) in [5.41, 5.74) is 2.10. The number of methoxy groups -OCH3 is 1. The summed E-state index contributed by atoms with van der Waals surface area (Å²) in [6.07, 6.45) is 2.59. The number of piperazine rings is 1. The highest BCUT2D eigenvalue weighted by molar-refractivity contribution is 6.30. The monoisotopic (exact) mass is 511 g/mol. The Hall–Kier alpha value is -2.65. The van der Waals surface area contributed by atoms with Gasteiger partial charge >= 0.3 is 0 Å². The first-order chi connectivity index (χ1) is 17.7. The lowest BCUT2D eigenvalue weighted by atomic mass is 10.1. The molecule has 5 rings (SSSR count). The van der Waals surface area contributed by atoms with Crippen molar-refractivity contribution in [3.63, 3.8) is 0 Å². The number of hydrogen-bond donors (Lipinski definition) is 0. The van der Waals surface area contributed by atoms with Crippen LogP contribution in [0, 0.1) is 0 Å². The third-order valence-electron chi connectivity index (χ3n) is 6.85. The molecule has 1 aromatic heterocycles. The van der Waals surface area contributed by atoms with E-state index in [1.807, 2.05) is 30.3 Å². The molecule has 0 saturated carbocycles. The van der Waals surface area contributed by atoms with Crippen molar-refractivity contribution < 1.29 is 14.2 Å². The zero-order valence-electron chi connectivity index (χ0n) is 20.9. The number of fused-ring (bicyclic) bond motifs is 1. The van der Waals surface area contributed by atoms with Crippen molar-refractivity contribution in [2.24, 2.45) is 0 Å². The predicted molar refractivity (Wildman–Crippen MR) is 142 cm³/mol. The van der Waals surface area contributed by atoms with E-state index in [0.717, 1.165) is 99.5 Å². The van der Waals surface area contributed by atoms with Crippen molar-refractivity contribution >= 4 is 28.3 Å². The number of hydrogen-bond acceptors (Lipinski definition) is 8. The van der Waals surface area contributed by atoms with Crippen LogP contribution >= 0.6 is 11.6 Å². The van der Waals surface area contributed by atoms with Gasteiger partial charge < -0.3 is 19.1 Å². The molecule has 2 aromatic carbocycles. The Morgan fingerprint density at radius 1 is 0.944 bits per heavy atom. The molecule has 8 nitrogen and oxygen atoms in total. The first kappa shape index (κ1) is 25.0. The van der Waals surface area contributed by atoms with E-state index in [4.69, 9.17) is 25.8 Å². The Bertz CT molecular complexity index is 1150. The highest BCUT2D eigenvalue weighted by Crippen LogP contribution is 2.35. The molecular weight excluding hydrogens is 478 g/mol. The number of nitrogens with zero attached hydrogens (tertiary/aromatic N) is 5. The first-order valence-corrected chi connectivity index (χ1v) is 13.0. The molecule has 36 heavy (non-hydrogen) atoms. The third-order valence-corrected chi connectivity index (χ3v) is 7.08. The minimum Gasteiger partial charge on any atom is -0.493 e. The largest absolute Gasteiger partial charge is 0.493 e. The second kappa shape index (κ2) is 12.1. The van der Waals surface area contributed by atoms with Crippen molar-refractivity contribution in [3.05, 3.63) is 53.3 Å². The molecular formula is C27H34ClN5O3. The fourth-order valence-electron chi connectivity index (χ4n) is 4.88. The number of anilines is 1. The van der Waals surface area contributed by atoms with E-state index in [1.54, 1.807) is 13.4 Å². The van der Waals surface area contributed by atoms with Crippen LogP contribution in [0.2, 0.25) is 5.02 Å². The molecule has 3 aromatic rings. The molecule has 2 saturated heterocycles. The Morgan fingerprint density at radius 3 is 2.56 bits per heavy atom. The molecule has 0 aliphatic carbocycles. The highest BCUT2D eigenvalue weighted by Gasteiger charge is 2.21. The Morgan fingerprint density at radius 2 is 1.78 bits per heavy atom. The minimum atomic E-state index is 0.629. The molecule has 2 aliphatic heterocycles. The van der Waals surface area contributed by atoms with Gasteiger partial charge in [-0.25, -0.2) is 9.97 Å². The van der Waals surface area contributed by atoms with Crippen molar-refractivity contribution in [2.75, 3.05) is 77.6 Å². The lowest BCUT2D eigenvalue weighted by Gasteiger charge is -2.35. The summed E-state index contributed by atoms with van der Waals surface area (Å²) in [6, 6.07) is 12.1. The quantitative estimate of drug-likeness (QED) is 0.403. The van der Waals surface area contributed by atoms with E-state index in [-0.39, 0.29) is 0 Å². The topological polar surface area (TPSA) is 63.2 Å². The second-order valence-electron chi connectivity index (χ2n) is 9.27. The molecule has 0 bridgehead atoms. The summed E-state index contributed by atoms with van der Waals surface area (Å²) in [5, 5.41) is 1.78. The number of aromatic nitrogens is 2. The van der Waals surface area contributed by atoms with E-state index in [1.165, 1.54) is 5.56 Å².